The van der Waals surface area contributed by atoms with Crippen molar-refractivity contribution in [1.82, 2.24) is 10.3 Å². The van der Waals surface area contributed by atoms with E-state index >= 15 is 0 Å². The van der Waals surface area contributed by atoms with Crippen molar-refractivity contribution in [1.29, 1.82) is 0 Å². The molecule has 0 bridgehead atoms. The number of hydrogen-bond donors (Lipinski definition) is 2. The average molecular weight is 492 g/mol. The molecule has 11 heteroatoms. The quantitative estimate of drug-likeness (QED) is 0.504. The van der Waals surface area contributed by atoms with E-state index in [-0.39, 0.29) is 17.3 Å². The number of oxazole rings is 1. The summed E-state index contributed by atoms with van der Waals surface area (Å²) in [6.45, 7) is 1.52. The van der Waals surface area contributed by atoms with Gasteiger partial charge in [-0.05, 0) is 67.5 Å². The lowest BCUT2D eigenvalue weighted by Gasteiger charge is -2.18. The second-order valence-electron chi connectivity index (χ2n) is 8.13. The molecule has 0 spiro atoms. The lowest BCUT2D eigenvalue weighted by molar-refractivity contribution is 0.0934. The molecule has 2 N–H and O–H groups in total. The van der Waals surface area contributed by atoms with Crippen molar-refractivity contribution in [2.24, 2.45) is 0 Å². The smallest absolute Gasteiger partial charge is 0.399 e. The van der Waals surface area contributed by atoms with Gasteiger partial charge in [-0.25, -0.2) is 17.2 Å². The van der Waals surface area contributed by atoms with Gasteiger partial charge in [-0.1, -0.05) is 12.1 Å². The molecule has 0 saturated carbocycles. The monoisotopic (exact) mass is 491 g/mol. The third-order valence-corrected chi connectivity index (χ3v) is 6.04. The Bertz CT molecular complexity index is 1320. The maximum Gasteiger partial charge on any atom is 0.399 e. The Morgan fingerprint density at radius 2 is 1.88 bits per heavy atom. The van der Waals surface area contributed by atoms with Crippen molar-refractivity contribution in [2.75, 3.05) is 11.0 Å². The highest BCUT2D eigenvalue weighted by Gasteiger charge is 2.21. The van der Waals surface area contributed by atoms with Gasteiger partial charge in [0.15, 0.2) is 17.3 Å². The molecular weight excluding hydrogens is 468 g/mol. The van der Waals surface area contributed by atoms with Gasteiger partial charge in [-0.2, -0.15) is 4.98 Å². The minimum absolute atomic E-state index is 0.0667. The van der Waals surface area contributed by atoms with Gasteiger partial charge in [-0.3, -0.25) is 9.52 Å². The van der Waals surface area contributed by atoms with Gasteiger partial charge in [0.25, 0.3) is 5.91 Å². The maximum atomic E-state index is 14.3. The number of aromatic nitrogens is 1. The predicted molar refractivity (Wildman–Crippen MR) is 120 cm³/mol. The minimum atomic E-state index is -3.87. The van der Waals surface area contributed by atoms with Crippen LogP contribution < -0.4 is 14.8 Å². The van der Waals surface area contributed by atoms with Gasteiger partial charge < -0.3 is 14.5 Å². The first-order chi connectivity index (χ1) is 16.1. The fourth-order valence-corrected chi connectivity index (χ4v) is 4.39. The molecule has 1 aliphatic carbocycles. The Morgan fingerprint density at radius 1 is 1.18 bits per heavy atom. The standard InChI is InChI=1S/C23H23F2N3O5S/c1-13(15-10-17(24)21(18(25)11-15)28-34(2,30)31)26-22(29)19-12-32-23(27-19)33-20-9-5-7-14-6-3-4-8-16(14)20/h5,7,9-13,28H,3-4,6,8H2,1-2H3,(H,26,29). The van der Waals surface area contributed by atoms with Crippen molar-refractivity contribution < 1.29 is 31.1 Å². The van der Waals surface area contributed by atoms with Crippen LogP contribution in [0.1, 0.15) is 53.0 Å². The van der Waals surface area contributed by atoms with E-state index < -0.39 is 39.3 Å². The van der Waals surface area contributed by atoms with Crippen LogP contribution >= 0.6 is 0 Å². The summed E-state index contributed by atoms with van der Waals surface area (Å²) in [7, 11) is -3.87. The molecule has 1 aliphatic rings. The molecule has 0 saturated heterocycles. The number of aryl methyl sites for hydroxylation is 1. The number of carbonyl (C=O) groups is 1. The number of rotatable bonds is 7. The molecule has 34 heavy (non-hydrogen) atoms. The molecule has 1 aromatic heterocycles. The third kappa shape index (κ3) is 5.36. The summed E-state index contributed by atoms with van der Waals surface area (Å²) in [4.78, 5) is 16.6. The van der Waals surface area contributed by atoms with E-state index in [4.69, 9.17) is 9.15 Å². The molecule has 1 atom stereocenters. The maximum absolute atomic E-state index is 14.3. The SMILES string of the molecule is CC(NC(=O)c1coc(Oc2cccc3c2CCCC3)n1)c1cc(F)c(NS(C)(=O)=O)c(F)c1. The van der Waals surface area contributed by atoms with E-state index in [1.54, 1.807) is 4.72 Å². The van der Waals surface area contributed by atoms with Crippen molar-refractivity contribution in [3.63, 3.8) is 0 Å². The number of nitrogens with one attached hydrogen (secondary N) is 2. The first kappa shape index (κ1) is 23.7. The van der Waals surface area contributed by atoms with E-state index in [1.165, 1.54) is 12.5 Å². The van der Waals surface area contributed by atoms with E-state index in [1.807, 2.05) is 12.1 Å². The normalized spacial score (nSPS) is 14.2. The van der Waals surface area contributed by atoms with E-state index in [0.29, 0.717) is 5.75 Å². The summed E-state index contributed by atoms with van der Waals surface area (Å²) >= 11 is 0. The summed E-state index contributed by atoms with van der Waals surface area (Å²) in [5.41, 5.74) is 1.57. The molecule has 8 nitrogen and oxygen atoms in total. The Labute approximate surface area is 195 Å². The molecule has 4 rings (SSSR count). The number of amides is 1. The van der Waals surface area contributed by atoms with Crippen LogP contribution in [-0.4, -0.2) is 25.6 Å². The average Bonchev–Trinajstić information content (AvgIpc) is 3.24. The molecule has 1 heterocycles. The Hall–Kier alpha value is -3.47. The first-order valence-corrected chi connectivity index (χ1v) is 12.5. The van der Waals surface area contributed by atoms with E-state index in [9.17, 15) is 22.0 Å². The van der Waals surface area contributed by atoms with Gasteiger partial charge in [0.2, 0.25) is 10.0 Å². The highest BCUT2D eigenvalue weighted by atomic mass is 32.2. The number of sulfonamides is 1. The second-order valence-corrected chi connectivity index (χ2v) is 9.88. The van der Waals surface area contributed by atoms with Crippen molar-refractivity contribution in [3.8, 4) is 11.8 Å². The summed E-state index contributed by atoms with van der Waals surface area (Å²) in [5.74, 6) is -2.22. The van der Waals surface area contributed by atoms with Gasteiger partial charge in [0, 0.05) is 0 Å². The van der Waals surface area contributed by atoms with Crippen molar-refractivity contribution >= 4 is 21.6 Å². The van der Waals surface area contributed by atoms with Gasteiger partial charge in [0.1, 0.15) is 17.7 Å². The van der Waals surface area contributed by atoms with Crippen LogP contribution in [0, 0.1) is 11.6 Å². The summed E-state index contributed by atoms with van der Waals surface area (Å²) in [6, 6.07) is 6.85. The number of nitrogens with zero attached hydrogens (tertiary/aromatic N) is 1. The zero-order valence-corrected chi connectivity index (χ0v) is 19.3. The fraction of sp³-hybridized carbons (Fsp3) is 0.304. The van der Waals surface area contributed by atoms with Crippen molar-refractivity contribution in [2.45, 2.75) is 38.6 Å². The fourth-order valence-electron chi connectivity index (χ4n) is 3.82. The number of anilines is 1. The molecule has 0 aliphatic heterocycles. The topological polar surface area (TPSA) is 111 Å². The van der Waals surface area contributed by atoms with E-state index in [0.717, 1.165) is 55.9 Å². The molecule has 1 amide bonds. The predicted octanol–water partition coefficient (Wildman–Crippen LogP) is 4.49. The van der Waals surface area contributed by atoms with Crippen LogP contribution in [0.3, 0.4) is 0 Å². The molecule has 3 aromatic rings. The van der Waals surface area contributed by atoms with Crippen molar-refractivity contribution in [3.05, 3.63) is 70.6 Å². The second kappa shape index (κ2) is 9.41. The highest BCUT2D eigenvalue weighted by Crippen LogP contribution is 2.32. The van der Waals surface area contributed by atoms with Crippen LogP contribution in [0.25, 0.3) is 0 Å². The number of benzene rings is 2. The number of ether oxygens (including phenoxy) is 1. The van der Waals surface area contributed by atoms with Crippen LogP contribution in [0.5, 0.6) is 11.8 Å². The minimum Gasteiger partial charge on any atom is -0.416 e. The zero-order valence-electron chi connectivity index (χ0n) is 18.5. The molecule has 180 valence electrons. The molecule has 2 aromatic carbocycles. The largest absolute Gasteiger partial charge is 0.416 e. The van der Waals surface area contributed by atoms with Gasteiger partial charge in [-0.15, -0.1) is 0 Å². The highest BCUT2D eigenvalue weighted by molar-refractivity contribution is 7.92. The first-order valence-electron chi connectivity index (χ1n) is 10.6. The number of fused-ring (bicyclic) bond motifs is 1. The summed E-state index contributed by atoms with van der Waals surface area (Å²) < 4.78 is 64.0. The lowest BCUT2D eigenvalue weighted by atomic mass is 9.91. The van der Waals surface area contributed by atoms with Crippen LogP contribution in [0.15, 0.2) is 41.0 Å². The molecule has 1 unspecified atom stereocenters. The van der Waals surface area contributed by atoms with E-state index in [2.05, 4.69) is 16.4 Å². The lowest BCUT2D eigenvalue weighted by Crippen LogP contribution is -2.27. The van der Waals surface area contributed by atoms with Gasteiger partial charge >= 0.3 is 6.08 Å². The summed E-state index contributed by atoms with van der Waals surface area (Å²) in [6.07, 6.45) is 5.89. The number of halogens is 2. The van der Waals surface area contributed by atoms with Crippen LogP contribution in [0.2, 0.25) is 0 Å². The number of carbonyl (C=O) groups excluding carboxylic acids is 1. The summed E-state index contributed by atoms with van der Waals surface area (Å²) in [5, 5.41) is 2.57. The Balaban J connectivity index is 1.45. The third-order valence-electron chi connectivity index (χ3n) is 5.47. The Kier molecular flexibility index (Phi) is 6.56. The van der Waals surface area contributed by atoms with Crippen LogP contribution in [0.4, 0.5) is 14.5 Å². The molecule has 0 radical (unpaired) electrons. The Morgan fingerprint density at radius 3 is 2.59 bits per heavy atom. The zero-order chi connectivity index (χ0) is 24.5. The van der Waals surface area contributed by atoms with Crippen LogP contribution in [-0.2, 0) is 22.9 Å². The molecule has 0 fully saturated rings. The van der Waals surface area contributed by atoms with Gasteiger partial charge in [0.05, 0.1) is 12.3 Å². The molecular formula is C23H23F2N3O5S. The number of hydrogen-bond acceptors (Lipinski definition) is 6.